The first-order chi connectivity index (χ1) is 9.89. The highest BCUT2D eigenvalue weighted by atomic mass is 16.5. The molecule has 0 spiro atoms. The average Bonchev–Trinajstić information content (AvgIpc) is 3.05. The zero-order valence-corrected chi connectivity index (χ0v) is 13.1. The van der Waals surface area contributed by atoms with Gasteiger partial charge >= 0.3 is 0 Å². The maximum Gasteiger partial charge on any atom is 0.247 e. The Bertz CT molecular complexity index is 528. The number of tetrazole rings is 1. The second-order valence-corrected chi connectivity index (χ2v) is 7.04. The average molecular weight is 293 g/mol. The summed E-state index contributed by atoms with van der Waals surface area (Å²) in [5, 5.41) is 11.9. The number of hydrogen-bond acceptors (Lipinski definition) is 5. The number of rotatable bonds is 4. The van der Waals surface area contributed by atoms with Crippen molar-refractivity contribution in [2.45, 2.75) is 64.1 Å². The van der Waals surface area contributed by atoms with Crippen LogP contribution in [0.15, 0.2) is 0 Å². The van der Waals surface area contributed by atoms with E-state index in [1.165, 1.54) is 0 Å². The lowest BCUT2D eigenvalue weighted by molar-refractivity contribution is -0.149. The number of ether oxygens (including phenoxy) is 1. The Kier molecular flexibility index (Phi) is 3.47. The quantitative estimate of drug-likeness (QED) is 0.825. The zero-order valence-electron chi connectivity index (χ0n) is 13.1. The number of nitrogens with zero attached hydrogens (tertiary/aromatic N) is 5. The molecule has 2 heterocycles. The molecule has 1 aromatic rings. The van der Waals surface area contributed by atoms with E-state index in [-0.39, 0.29) is 23.4 Å². The van der Waals surface area contributed by atoms with Gasteiger partial charge in [0, 0.05) is 11.5 Å². The normalized spacial score (nSPS) is 21.0. The highest BCUT2D eigenvalue weighted by Crippen LogP contribution is 2.33. The van der Waals surface area contributed by atoms with Crippen molar-refractivity contribution in [1.82, 2.24) is 25.1 Å². The summed E-state index contributed by atoms with van der Waals surface area (Å²) in [5.74, 6) is 0.840. The van der Waals surface area contributed by atoms with Crippen molar-refractivity contribution in [2.75, 3.05) is 13.2 Å². The molecule has 1 atom stereocenters. The number of hydrogen-bond donors (Lipinski definition) is 0. The predicted molar refractivity (Wildman–Crippen MR) is 75.7 cm³/mol. The number of carbonyl (C=O) groups excluding carboxylic acids is 1. The van der Waals surface area contributed by atoms with E-state index in [1.54, 1.807) is 4.68 Å². The minimum atomic E-state index is -0.379. The third kappa shape index (κ3) is 2.66. The molecule has 7 heteroatoms. The van der Waals surface area contributed by atoms with Crippen LogP contribution in [-0.4, -0.2) is 56.3 Å². The topological polar surface area (TPSA) is 73.1 Å². The van der Waals surface area contributed by atoms with Crippen LogP contribution in [0.4, 0.5) is 0 Å². The van der Waals surface area contributed by atoms with Gasteiger partial charge < -0.3 is 9.64 Å². The van der Waals surface area contributed by atoms with E-state index in [9.17, 15) is 4.79 Å². The number of amides is 1. The minimum absolute atomic E-state index is 0.101. The summed E-state index contributed by atoms with van der Waals surface area (Å²) in [6.45, 7) is 9.32. The summed E-state index contributed by atoms with van der Waals surface area (Å²) in [4.78, 5) is 14.9. The Balaban J connectivity index is 1.82. The molecule has 1 unspecified atom stereocenters. The predicted octanol–water partition coefficient (Wildman–Crippen LogP) is 0.921. The first-order valence-electron chi connectivity index (χ1n) is 7.58. The van der Waals surface area contributed by atoms with Crippen LogP contribution in [0.3, 0.4) is 0 Å². The smallest absolute Gasteiger partial charge is 0.247 e. The van der Waals surface area contributed by atoms with Gasteiger partial charge in [-0.2, -0.15) is 0 Å². The van der Waals surface area contributed by atoms with Gasteiger partial charge in [0.1, 0.15) is 6.04 Å². The van der Waals surface area contributed by atoms with E-state index in [0.717, 1.165) is 18.7 Å². The number of carbonyl (C=O) groups is 1. The molecular weight excluding hydrogens is 270 g/mol. The molecule has 1 aromatic heterocycles. The first-order valence-corrected chi connectivity index (χ1v) is 7.58. The van der Waals surface area contributed by atoms with E-state index >= 15 is 0 Å². The molecule has 2 aliphatic rings. The Hall–Kier alpha value is -1.50. The lowest BCUT2D eigenvalue weighted by Crippen LogP contribution is -2.54. The summed E-state index contributed by atoms with van der Waals surface area (Å²) >= 11 is 0. The van der Waals surface area contributed by atoms with Gasteiger partial charge in [-0.1, -0.05) is 20.8 Å². The lowest BCUT2D eigenvalue weighted by Gasteiger charge is -2.39. The van der Waals surface area contributed by atoms with Gasteiger partial charge in [0.25, 0.3) is 0 Å². The van der Waals surface area contributed by atoms with E-state index in [2.05, 4.69) is 15.5 Å². The molecule has 1 saturated carbocycles. The van der Waals surface area contributed by atoms with Gasteiger partial charge in [0.15, 0.2) is 5.82 Å². The van der Waals surface area contributed by atoms with Gasteiger partial charge in [0.05, 0.1) is 19.3 Å². The fraction of sp³-hybridized carbons (Fsp3) is 0.857. The third-order valence-electron chi connectivity index (χ3n) is 4.10. The van der Waals surface area contributed by atoms with Crippen molar-refractivity contribution < 1.29 is 9.53 Å². The number of aromatic nitrogens is 4. The molecule has 2 fully saturated rings. The second-order valence-electron chi connectivity index (χ2n) is 7.04. The highest BCUT2D eigenvalue weighted by molar-refractivity contribution is 5.81. The molecule has 116 valence electrons. The third-order valence-corrected chi connectivity index (χ3v) is 4.10. The summed E-state index contributed by atoms with van der Waals surface area (Å²) in [6, 6.07) is 0.223. The molecule has 3 rings (SSSR count). The van der Waals surface area contributed by atoms with Crippen molar-refractivity contribution in [3.8, 4) is 0 Å². The Morgan fingerprint density at radius 2 is 2.00 bits per heavy atom. The summed E-state index contributed by atoms with van der Waals surface area (Å²) < 4.78 is 6.92. The van der Waals surface area contributed by atoms with Crippen LogP contribution in [-0.2, 0) is 14.9 Å². The van der Waals surface area contributed by atoms with Gasteiger partial charge in [-0.3, -0.25) is 4.79 Å². The molecule has 7 nitrogen and oxygen atoms in total. The van der Waals surface area contributed by atoms with Crippen molar-refractivity contribution in [1.29, 1.82) is 0 Å². The van der Waals surface area contributed by atoms with E-state index in [1.807, 2.05) is 32.6 Å². The first kappa shape index (κ1) is 14.4. The molecule has 1 amide bonds. The molecular formula is C14H23N5O2. The molecule has 0 radical (unpaired) electrons. The lowest BCUT2D eigenvalue weighted by atomic mass is 9.95. The van der Waals surface area contributed by atoms with Crippen LogP contribution >= 0.6 is 0 Å². The van der Waals surface area contributed by atoms with Crippen molar-refractivity contribution in [2.24, 2.45) is 0 Å². The molecule has 1 aliphatic heterocycles. The molecule has 0 N–H and O–H groups in total. The van der Waals surface area contributed by atoms with Gasteiger partial charge in [0.2, 0.25) is 5.91 Å². The summed E-state index contributed by atoms with van der Waals surface area (Å²) in [6.07, 6.45) is 2.19. The molecule has 0 aromatic carbocycles. The fourth-order valence-electron chi connectivity index (χ4n) is 2.66. The maximum atomic E-state index is 12.9. The van der Waals surface area contributed by atoms with Gasteiger partial charge in [-0.05, 0) is 30.2 Å². The SMILES string of the molecule is CC(C(=O)N(C1CC1)C1COC1)n1nnnc1C(C)(C)C. The van der Waals surface area contributed by atoms with Crippen LogP contribution in [0.1, 0.15) is 52.4 Å². The molecule has 0 bridgehead atoms. The monoisotopic (exact) mass is 293 g/mol. The van der Waals surface area contributed by atoms with Crippen molar-refractivity contribution in [3.63, 3.8) is 0 Å². The van der Waals surface area contributed by atoms with Crippen LogP contribution in [0.25, 0.3) is 0 Å². The maximum absolute atomic E-state index is 12.9. The van der Waals surface area contributed by atoms with Gasteiger partial charge in [-0.15, -0.1) is 5.10 Å². The minimum Gasteiger partial charge on any atom is -0.377 e. The zero-order chi connectivity index (χ0) is 15.2. The van der Waals surface area contributed by atoms with E-state index < -0.39 is 0 Å². The highest BCUT2D eigenvalue weighted by Gasteiger charge is 2.43. The largest absolute Gasteiger partial charge is 0.377 e. The van der Waals surface area contributed by atoms with Gasteiger partial charge in [-0.25, -0.2) is 4.68 Å². The van der Waals surface area contributed by atoms with E-state index in [4.69, 9.17) is 4.74 Å². The second kappa shape index (κ2) is 5.05. The Morgan fingerprint density at radius 3 is 2.48 bits per heavy atom. The molecule has 1 aliphatic carbocycles. The summed E-state index contributed by atoms with van der Waals surface area (Å²) in [7, 11) is 0. The standard InChI is InChI=1S/C14H23N5O2/c1-9(19-13(14(2,3)4)15-16-17-19)12(20)18(10-5-6-10)11-7-21-8-11/h9-11H,5-8H2,1-4H3. The Labute approximate surface area is 124 Å². The van der Waals surface area contributed by atoms with Crippen LogP contribution in [0.2, 0.25) is 0 Å². The van der Waals surface area contributed by atoms with Crippen LogP contribution in [0.5, 0.6) is 0 Å². The van der Waals surface area contributed by atoms with E-state index in [0.29, 0.717) is 19.3 Å². The van der Waals surface area contributed by atoms with Crippen molar-refractivity contribution >= 4 is 5.91 Å². The Morgan fingerprint density at radius 1 is 1.33 bits per heavy atom. The molecule has 1 saturated heterocycles. The fourth-order valence-corrected chi connectivity index (χ4v) is 2.66. The van der Waals surface area contributed by atoms with Crippen LogP contribution in [0, 0.1) is 0 Å². The molecule has 21 heavy (non-hydrogen) atoms. The van der Waals surface area contributed by atoms with Crippen molar-refractivity contribution in [3.05, 3.63) is 5.82 Å². The van der Waals surface area contributed by atoms with Crippen LogP contribution < -0.4 is 0 Å². The summed E-state index contributed by atoms with van der Waals surface area (Å²) in [5.41, 5.74) is -0.192.